The van der Waals surface area contributed by atoms with Gasteiger partial charge in [-0.05, 0) is 20.8 Å². The van der Waals surface area contributed by atoms with E-state index in [0.29, 0.717) is 0 Å². The second-order valence-electron chi connectivity index (χ2n) is 2.32. The zero-order valence-electron chi connectivity index (χ0n) is 7.91. The predicted molar refractivity (Wildman–Crippen MR) is 31.6 cm³/mol. The Balaban J connectivity index is -0.0000000417. The molecule has 7 heavy (non-hydrogen) atoms. The Morgan fingerprint density at radius 3 is 1.71 bits per heavy atom. The van der Waals surface area contributed by atoms with Crippen molar-refractivity contribution in [2.45, 2.75) is 26.4 Å². The van der Waals surface area contributed by atoms with Crippen molar-refractivity contribution in [3.8, 4) is 0 Å². The van der Waals surface area contributed by atoms with Crippen molar-refractivity contribution < 1.29 is 25.5 Å². The normalized spacial score (nSPS) is 10.1. The smallest absolute Gasteiger partial charge is 1.00 e. The molecular formula is C4H13AlLiO+. The molecule has 0 aliphatic heterocycles. The molecule has 0 heterocycles. The van der Waals surface area contributed by atoms with Crippen LogP contribution in [0.25, 0.3) is 0 Å². The third-order valence-corrected chi connectivity index (χ3v) is 1.84. The molecule has 0 fully saturated rings. The molecule has 0 bridgehead atoms. The molecule has 0 rings (SSSR count). The van der Waals surface area contributed by atoms with E-state index in [0.717, 1.165) is 16.6 Å². The van der Waals surface area contributed by atoms with E-state index in [4.69, 9.17) is 3.79 Å². The number of hydrogen-bond donors (Lipinski definition) is 0. The molecule has 38 valence electrons. The van der Waals surface area contributed by atoms with Crippen LogP contribution in [0.1, 0.15) is 23.6 Å². The van der Waals surface area contributed by atoms with Crippen molar-refractivity contribution in [1.82, 2.24) is 0 Å². The molecule has 1 nitrogen and oxygen atoms in total. The van der Waals surface area contributed by atoms with Crippen molar-refractivity contribution >= 4 is 16.6 Å². The summed E-state index contributed by atoms with van der Waals surface area (Å²) in [5.74, 6) is 0. The van der Waals surface area contributed by atoms with Crippen molar-refractivity contribution in [2.75, 3.05) is 0 Å². The molecule has 0 saturated heterocycles. The van der Waals surface area contributed by atoms with Crippen molar-refractivity contribution in [2.24, 2.45) is 0 Å². The zero-order chi connectivity index (χ0) is 5.21. The summed E-state index contributed by atoms with van der Waals surface area (Å²) in [6.45, 7) is 6.17. The Hall–Kier alpha value is 1.09. The van der Waals surface area contributed by atoms with E-state index in [9.17, 15) is 0 Å². The topological polar surface area (TPSA) is 9.23 Å². The molecule has 0 unspecified atom stereocenters. The second-order valence-corrected chi connectivity index (χ2v) is 2.72. The summed E-state index contributed by atoms with van der Waals surface area (Å²) in [5, 5.41) is 0. The van der Waals surface area contributed by atoms with Gasteiger partial charge in [0.05, 0.1) is 0 Å². The quantitative estimate of drug-likeness (QED) is 0.316. The number of hydrogen-bond acceptors (Lipinski definition) is 1. The van der Waals surface area contributed by atoms with Crippen LogP contribution in [0.5, 0.6) is 0 Å². The minimum atomic E-state index is 0. The van der Waals surface area contributed by atoms with Gasteiger partial charge in [0.2, 0.25) is 0 Å². The minimum absolute atomic E-state index is 0. The van der Waals surface area contributed by atoms with Crippen LogP contribution in [0, 0.1) is 0 Å². The van der Waals surface area contributed by atoms with E-state index >= 15 is 0 Å². The van der Waals surface area contributed by atoms with E-state index < -0.39 is 0 Å². The predicted octanol–water partition coefficient (Wildman–Crippen LogP) is -2.42. The van der Waals surface area contributed by atoms with Gasteiger partial charge in [0, 0.05) is 5.60 Å². The zero-order valence-corrected chi connectivity index (χ0v) is 7.91. The van der Waals surface area contributed by atoms with Gasteiger partial charge in [-0.3, -0.25) is 0 Å². The summed E-state index contributed by atoms with van der Waals surface area (Å²) < 4.78 is 5.08. The molecule has 0 radical (unpaired) electrons. The molecule has 0 aliphatic rings. The molecule has 0 aliphatic carbocycles. The standard InChI is InChI=1S/C4H9O.Al.Li.3H/c1-4(2,3)5;;;;;/h1-3H3;;;;;/q-1;2*+1;;;-1/p+1. The average molecular weight is 111 g/mol. The molecule has 0 N–H and O–H groups in total. The van der Waals surface area contributed by atoms with Gasteiger partial charge in [0.1, 0.15) is 0 Å². The second kappa shape index (κ2) is 4.02. The van der Waals surface area contributed by atoms with Crippen LogP contribution < -0.4 is 18.9 Å². The minimum Gasteiger partial charge on any atom is -1.00 e. The van der Waals surface area contributed by atoms with Gasteiger partial charge in [-0.2, -0.15) is 0 Å². The molecule has 0 aromatic rings. The first-order chi connectivity index (χ1) is 2.56. The van der Waals surface area contributed by atoms with Crippen LogP contribution in [0.15, 0.2) is 0 Å². The molecule has 0 saturated carbocycles. The van der Waals surface area contributed by atoms with Crippen LogP contribution in [0.2, 0.25) is 0 Å². The van der Waals surface area contributed by atoms with E-state index in [2.05, 4.69) is 20.8 Å². The van der Waals surface area contributed by atoms with E-state index in [-0.39, 0.29) is 27.3 Å². The Kier molecular flexibility index (Phi) is 6.29. The van der Waals surface area contributed by atoms with Crippen molar-refractivity contribution in [3.05, 3.63) is 0 Å². The van der Waals surface area contributed by atoms with Crippen LogP contribution >= 0.6 is 0 Å². The van der Waals surface area contributed by atoms with Gasteiger partial charge in [-0.1, -0.05) is 0 Å². The third kappa shape index (κ3) is 11.0. The SMILES string of the molecule is CC(C)(C)[O][AlH2].[H+].[H-].[Li+]. The third-order valence-electron chi connectivity index (χ3n) is 0.612. The number of rotatable bonds is 0. The summed E-state index contributed by atoms with van der Waals surface area (Å²) in [6, 6.07) is 0. The molecule has 0 spiro atoms. The van der Waals surface area contributed by atoms with Crippen molar-refractivity contribution in [1.29, 1.82) is 0 Å². The maximum absolute atomic E-state index is 5.08. The Labute approximate surface area is 68.7 Å². The molecule has 0 amide bonds. The molecule has 0 aromatic carbocycles. The fraction of sp³-hybridized carbons (Fsp3) is 1.00. The molecule has 3 heteroatoms. The first-order valence-electron chi connectivity index (χ1n) is 2.11. The van der Waals surface area contributed by atoms with Gasteiger partial charge in [0.15, 0.2) is 0 Å². The van der Waals surface area contributed by atoms with Crippen molar-refractivity contribution in [3.63, 3.8) is 0 Å². The first-order valence-corrected chi connectivity index (χ1v) is 2.93. The Morgan fingerprint density at radius 1 is 1.57 bits per heavy atom. The Morgan fingerprint density at radius 2 is 1.71 bits per heavy atom. The van der Waals surface area contributed by atoms with Crippen LogP contribution in [0.4, 0.5) is 0 Å². The van der Waals surface area contributed by atoms with Crippen LogP contribution in [-0.2, 0) is 3.79 Å². The summed E-state index contributed by atoms with van der Waals surface area (Å²) in [7, 11) is 0. The fourth-order valence-corrected chi connectivity index (χ4v) is 0. The first kappa shape index (κ1) is 11.0. The van der Waals surface area contributed by atoms with Crippen LogP contribution in [0.3, 0.4) is 0 Å². The molecule has 0 atom stereocenters. The van der Waals surface area contributed by atoms with E-state index in [1.165, 1.54) is 0 Å². The Bertz CT molecular complexity index is 48.3. The van der Waals surface area contributed by atoms with Gasteiger partial charge < -0.3 is 5.22 Å². The maximum Gasteiger partial charge on any atom is 1.00 e. The molecular weight excluding hydrogens is 98.0 g/mol. The van der Waals surface area contributed by atoms with Gasteiger partial charge in [-0.15, -0.1) is 0 Å². The van der Waals surface area contributed by atoms with Gasteiger partial charge in [-0.25, -0.2) is 0 Å². The van der Waals surface area contributed by atoms with Gasteiger partial charge in [0.25, 0.3) is 0 Å². The summed E-state index contributed by atoms with van der Waals surface area (Å²) in [6.07, 6.45) is 0. The summed E-state index contributed by atoms with van der Waals surface area (Å²) >= 11 is 0.848. The summed E-state index contributed by atoms with van der Waals surface area (Å²) in [5.41, 5.74) is 0.103. The largest absolute Gasteiger partial charge is 1.00 e. The monoisotopic (exact) mass is 111 g/mol. The fourth-order valence-electron chi connectivity index (χ4n) is 0. The van der Waals surface area contributed by atoms with Crippen LogP contribution in [-0.4, -0.2) is 22.2 Å². The van der Waals surface area contributed by atoms with Gasteiger partial charge >= 0.3 is 36.9 Å². The van der Waals surface area contributed by atoms with E-state index in [1.807, 2.05) is 0 Å². The summed E-state index contributed by atoms with van der Waals surface area (Å²) in [4.78, 5) is 0. The van der Waals surface area contributed by atoms with E-state index in [1.54, 1.807) is 0 Å². The maximum atomic E-state index is 5.08. The molecule has 0 aromatic heterocycles. The average Bonchev–Trinajstić information content (AvgIpc) is 1.35.